The Morgan fingerprint density at radius 1 is 1.10 bits per heavy atom. The normalized spacial score (nSPS) is 15.3. The Morgan fingerprint density at radius 2 is 1.83 bits per heavy atom. The van der Waals surface area contributed by atoms with E-state index in [4.69, 9.17) is 4.98 Å². The largest absolute Gasteiger partial charge is 0.342 e. The minimum atomic E-state index is 0.235. The standard InChI is InChI=1S/C23H33N5O/c1-5-28(6-2)23(29)16-27-12-10-19(11-13-27)21-15-20(14-18(4)24-21)26-22-9-7-8-17(3)25-22/h7-9,14-15,19H,5-6,10-13,16H2,1-4H3,(H,24,25,26). The Hall–Kier alpha value is -2.47. The maximum atomic E-state index is 12.4. The van der Waals surface area contributed by atoms with Crippen molar-refractivity contribution < 1.29 is 4.79 Å². The van der Waals surface area contributed by atoms with Crippen LogP contribution in [0.15, 0.2) is 30.3 Å². The summed E-state index contributed by atoms with van der Waals surface area (Å²) in [6.07, 6.45) is 2.06. The van der Waals surface area contributed by atoms with Gasteiger partial charge in [0, 0.05) is 41.8 Å². The van der Waals surface area contributed by atoms with Gasteiger partial charge in [0.1, 0.15) is 5.82 Å². The molecule has 1 saturated heterocycles. The summed E-state index contributed by atoms with van der Waals surface area (Å²) in [6.45, 7) is 12.1. The molecule has 156 valence electrons. The van der Waals surface area contributed by atoms with Crippen molar-refractivity contribution in [3.63, 3.8) is 0 Å². The second-order valence-corrected chi connectivity index (χ2v) is 7.83. The van der Waals surface area contributed by atoms with Crippen LogP contribution in [0, 0.1) is 13.8 Å². The molecular weight excluding hydrogens is 362 g/mol. The van der Waals surface area contributed by atoms with Crippen molar-refractivity contribution in [1.82, 2.24) is 19.8 Å². The number of hydrogen-bond acceptors (Lipinski definition) is 5. The van der Waals surface area contributed by atoms with Crippen LogP contribution in [0.1, 0.15) is 49.7 Å². The number of likely N-dealkylation sites (N-methyl/N-ethyl adjacent to an activating group) is 1. The summed E-state index contributed by atoms with van der Waals surface area (Å²) in [5.41, 5.74) is 4.17. The van der Waals surface area contributed by atoms with Crippen LogP contribution in [0.2, 0.25) is 0 Å². The molecule has 6 nitrogen and oxygen atoms in total. The van der Waals surface area contributed by atoms with Crippen molar-refractivity contribution in [2.75, 3.05) is 38.0 Å². The first-order valence-corrected chi connectivity index (χ1v) is 10.7. The van der Waals surface area contributed by atoms with Gasteiger partial charge in [0.15, 0.2) is 0 Å². The molecule has 1 aliphatic heterocycles. The molecule has 29 heavy (non-hydrogen) atoms. The molecular formula is C23H33N5O. The van der Waals surface area contributed by atoms with Crippen LogP contribution in [0.25, 0.3) is 0 Å². The highest BCUT2D eigenvalue weighted by Crippen LogP contribution is 2.29. The molecule has 0 saturated carbocycles. The fraction of sp³-hybridized carbons (Fsp3) is 0.522. The molecule has 1 fully saturated rings. The average Bonchev–Trinajstić information content (AvgIpc) is 2.69. The van der Waals surface area contributed by atoms with E-state index in [0.717, 1.165) is 67.6 Å². The molecule has 1 N–H and O–H groups in total. The minimum absolute atomic E-state index is 0.235. The molecule has 1 aliphatic rings. The van der Waals surface area contributed by atoms with E-state index >= 15 is 0 Å². The molecule has 0 radical (unpaired) electrons. The van der Waals surface area contributed by atoms with Crippen LogP contribution < -0.4 is 5.32 Å². The zero-order chi connectivity index (χ0) is 20.8. The molecule has 0 bridgehead atoms. The molecule has 0 aromatic carbocycles. The maximum absolute atomic E-state index is 12.4. The van der Waals surface area contributed by atoms with Gasteiger partial charge < -0.3 is 10.2 Å². The first-order valence-electron chi connectivity index (χ1n) is 10.7. The Morgan fingerprint density at radius 3 is 2.48 bits per heavy atom. The molecule has 6 heteroatoms. The lowest BCUT2D eigenvalue weighted by Crippen LogP contribution is -2.43. The number of anilines is 2. The summed E-state index contributed by atoms with van der Waals surface area (Å²) in [6, 6.07) is 10.2. The van der Waals surface area contributed by atoms with Crippen LogP contribution in [0.4, 0.5) is 11.5 Å². The number of amides is 1. The summed E-state index contributed by atoms with van der Waals surface area (Å²) in [4.78, 5) is 25.9. The zero-order valence-electron chi connectivity index (χ0n) is 18.1. The molecule has 0 spiro atoms. The Balaban J connectivity index is 1.62. The fourth-order valence-corrected chi connectivity index (χ4v) is 3.99. The summed E-state index contributed by atoms with van der Waals surface area (Å²) < 4.78 is 0. The van der Waals surface area contributed by atoms with Crippen LogP contribution in [-0.4, -0.2) is 58.4 Å². The van der Waals surface area contributed by atoms with Crippen molar-refractivity contribution in [3.8, 4) is 0 Å². The molecule has 3 heterocycles. The van der Waals surface area contributed by atoms with Crippen LogP contribution in [0.3, 0.4) is 0 Å². The molecule has 0 aliphatic carbocycles. The highest BCUT2D eigenvalue weighted by molar-refractivity contribution is 5.78. The van der Waals surface area contributed by atoms with E-state index in [2.05, 4.69) is 27.3 Å². The lowest BCUT2D eigenvalue weighted by atomic mass is 9.92. The van der Waals surface area contributed by atoms with Crippen molar-refractivity contribution >= 4 is 17.4 Å². The predicted molar refractivity (Wildman–Crippen MR) is 118 cm³/mol. The number of aromatic nitrogens is 2. The van der Waals surface area contributed by atoms with E-state index in [0.29, 0.717) is 12.5 Å². The maximum Gasteiger partial charge on any atom is 0.236 e. The Bertz CT molecular complexity index is 826. The van der Waals surface area contributed by atoms with E-state index in [1.165, 1.54) is 0 Å². The third kappa shape index (κ3) is 5.76. The minimum Gasteiger partial charge on any atom is -0.342 e. The van der Waals surface area contributed by atoms with Gasteiger partial charge in [0.2, 0.25) is 5.91 Å². The number of hydrogen-bond donors (Lipinski definition) is 1. The Kier molecular flexibility index (Phi) is 7.20. The fourth-order valence-electron chi connectivity index (χ4n) is 3.99. The number of carbonyl (C=O) groups is 1. The van der Waals surface area contributed by atoms with Gasteiger partial charge in [-0.15, -0.1) is 0 Å². The van der Waals surface area contributed by atoms with E-state index in [9.17, 15) is 4.79 Å². The highest BCUT2D eigenvalue weighted by Gasteiger charge is 2.24. The smallest absolute Gasteiger partial charge is 0.236 e. The summed E-state index contributed by atoms with van der Waals surface area (Å²) >= 11 is 0. The quantitative estimate of drug-likeness (QED) is 0.771. The van der Waals surface area contributed by atoms with Gasteiger partial charge in [0.25, 0.3) is 0 Å². The van der Waals surface area contributed by atoms with Crippen molar-refractivity contribution in [1.29, 1.82) is 0 Å². The summed E-state index contributed by atoms with van der Waals surface area (Å²) in [5.74, 6) is 1.52. The third-order valence-corrected chi connectivity index (χ3v) is 5.61. The number of nitrogens with one attached hydrogen (secondary N) is 1. The average molecular weight is 396 g/mol. The van der Waals surface area contributed by atoms with E-state index < -0.39 is 0 Å². The van der Waals surface area contributed by atoms with Gasteiger partial charge in [-0.05, 0) is 77.9 Å². The zero-order valence-corrected chi connectivity index (χ0v) is 18.1. The van der Waals surface area contributed by atoms with Gasteiger partial charge >= 0.3 is 0 Å². The lowest BCUT2D eigenvalue weighted by Gasteiger charge is -2.32. The van der Waals surface area contributed by atoms with E-state index in [-0.39, 0.29) is 5.91 Å². The van der Waals surface area contributed by atoms with E-state index in [1.54, 1.807) is 0 Å². The lowest BCUT2D eigenvalue weighted by molar-refractivity contribution is -0.132. The van der Waals surface area contributed by atoms with Crippen LogP contribution >= 0.6 is 0 Å². The molecule has 2 aromatic heterocycles. The monoisotopic (exact) mass is 395 g/mol. The third-order valence-electron chi connectivity index (χ3n) is 5.61. The van der Waals surface area contributed by atoms with Crippen LogP contribution in [0.5, 0.6) is 0 Å². The number of likely N-dealkylation sites (tertiary alicyclic amines) is 1. The van der Waals surface area contributed by atoms with Crippen molar-refractivity contribution in [2.24, 2.45) is 0 Å². The number of aryl methyl sites for hydroxylation is 2. The second-order valence-electron chi connectivity index (χ2n) is 7.83. The van der Waals surface area contributed by atoms with Gasteiger partial charge in [0.05, 0.1) is 6.54 Å². The molecule has 1 amide bonds. The van der Waals surface area contributed by atoms with Gasteiger partial charge in [-0.25, -0.2) is 4.98 Å². The van der Waals surface area contributed by atoms with Crippen molar-refractivity contribution in [3.05, 3.63) is 47.4 Å². The van der Waals surface area contributed by atoms with Gasteiger partial charge in [-0.1, -0.05) is 6.07 Å². The number of pyridine rings is 2. The SMILES string of the molecule is CCN(CC)C(=O)CN1CCC(c2cc(Nc3cccc(C)n3)cc(C)n2)CC1. The molecule has 0 atom stereocenters. The number of piperidine rings is 1. The van der Waals surface area contributed by atoms with Gasteiger partial charge in [-0.3, -0.25) is 14.7 Å². The summed E-state index contributed by atoms with van der Waals surface area (Å²) in [5, 5.41) is 3.41. The predicted octanol–water partition coefficient (Wildman–Crippen LogP) is 3.88. The first-order chi connectivity index (χ1) is 14.0. The molecule has 2 aromatic rings. The number of carbonyl (C=O) groups excluding carboxylic acids is 1. The Labute approximate surface area is 174 Å². The molecule has 3 rings (SSSR count). The topological polar surface area (TPSA) is 61.4 Å². The van der Waals surface area contributed by atoms with Crippen molar-refractivity contribution in [2.45, 2.75) is 46.5 Å². The van der Waals surface area contributed by atoms with Gasteiger partial charge in [-0.2, -0.15) is 0 Å². The highest BCUT2D eigenvalue weighted by atomic mass is 16.2. The number of nitrogens with zero attached hydrogens (tertiary/aromatic N) is 4. The summed E-state index contributed by atoms with van der Waals surface area (Å²) in [7, 11) is 0. The molecule has 0 unspecified atom stereocenters. The second kappa shape index (κ2) is 9.83. The number of rotatable bonds is 7. The first kappa shape index (κ1) is 21.2. The van der Waals surface area contributed by atoms with E-state index in [1.807, 2.05) is 50.8 Å². The van der Waals surface area contributed by atoms with Crippen LogP contribution in [-0.2, 0) is 4.79 Å².